The van der Waals surface area contributed by atoms with Crippen LogP contribution in [-0.2, 0) is 19.3 Å². The number of nitrogens with zero attached hydrogens (tertiary/aromatic N) is 2. The van der Waals surface area contributed by atoms with E-state index in [-0.39, 0.29) is 23.4 Å². The van der Waals surface area contributed by atoms with Crippen LogP contribution in [0.2, 0.25) is 0 Å². The number of aryl methyl sites for hydroxylation is 1. The van der Waals surface area contributed by atoms with Gasteiger partial charge < -0.3 is 10.1 Å². The Morgan fingerprint density at radius 2 is 1.93 bits per heavy atom. The van der Waals surface area contributed by atoms with Crippen LogP contribution in [0.25, 0.3) is 10.9 Å². The van der Waals surface area contributed by atoms with E-state index in [0.717, 1.165) is 17.6 Å². The van der Waals surface area contributed by atoms with Gasteiger partial charge in [0.25, 0.3) is 0 Å². The Morgan fingerprint density at radius 3 is 2.63 bits per heavy atom. The summed E-state index contributed by atoms with van der Waals surface area (Å²) in [6.07, 6.45) is -4.47. The fourth-order valence-corrected chi connectivity index (χ4v) is 3.77. The number of para-hydroxylation sites is 1. The minimum absolute atomic E-state index is 0.00855. The average molecular weight is 437 g/mol. The summed E-state index contributed by atoms with van der Waals surface area (Å²) in [7, 11) is 1.52. The van der Waals surface area contributed by atoms with Gasteiger partial charge in [0.05, 0.1) is 24.6 Å². The highest BCUT2D eigenvalue weighted by molar-refractivity contribution is 7.99. The summed E-state index contributed by atoms with van der Waals surface area (Å²) in [5.41, 5.74) is -0.500. The summed E-state index contributed by atoms with van der Waals surface area (Å²) in [6, 6.07) is 10.4. The molecule has 3 rings (SSSR count). The van der Waals surface area contributed by atoms with Crippen molar-refractivity contribution < 1.29 is 17.9 Å². The molecule has 0 aliphatic rings. The lowest BCUT2D eigenvalue weighted by Crippen LogP contribution is -2.21. The third-order valence-electron chi connectivity index (χ3n) is 4.58. The molecule has 0 amide bonds. The van der Waals surface area contributed by atoms with Crippen LogP contribution in [-0.4, -0.2) is 28.4 Å². The van der Waals surface area contributed by atoms with Crippen molar-refractivity contribution in [2.45, 2.75) is 26.2 Å². The monoisotopic (exact) mass is 437 g/mol. The number of halogens is 3. The molecule has 30 heavy (non-hydrogen) atoms. The first-order valence-electron chi connectivity index (χ1n) is 9.41. The summed E-state index contributed by atoms with van der Waals surface area (Å²) in [4.78, 5) is 13.0. The van der Waals surface area contributed by atoms with E-state index in [1.807, 2.05) is 6.92 Å². The first-order valence-corrected chi connectivity index (χ1v) is 10.6. The average Bonchev–Trinajstić information content (AvgIpc) is 2.73. The summed E-state index contributed by atoms with van der Waals surface area (Å²) >= 11 is 1.72. The maximum absolute atomic E-state index is 13.3. The maximum atomic E-state index is 13.3. The van der Waals surface area contributed by atoms with E-state index in [1.165, 1.54) is 25.3 Å². The fourth-order valence-electron chi connectivity index (χ4n) is 3.18. The van der Waals surface area contributed by atoms with Crippen LogP contribution in [0, 0.1) is 0 Å². The highest BCUT2D eigenvalue weighted by Gasteiger charge is 2.32. The van der Waals surface area contributed by atoms with Gasteiger partial charge in [0, 0.05) is 12.3 Å². The van der Waals surface area contributed by atoms with Crippen molar-refractivity contribution in [3.05, 3.63) is 63.8 Å². The van der Waals surface area contributed by atoms with Crippen LogP contribution >= 0.6 is 11.8 Å². The standard InChI is InChI=1S/C21H22F3N3O2S/c1-3-30-12-11-27-18-15(8-6-10-17(18)29-2)19(28)20(26-27)25-13-14-7-4-5-9-16(14)21(22,23)24/h4-10H,3,11-13H2,1-2H3,(H,25,26). The van der Waals surface area contributed by atoms with Crippen LogP contribution in [0.1, 0.15) is 18.1 Å². The molecule has 2 aromatic carbocycles. The molecule has 0 aliphatic heterocycles. The number of nitrogens with one attached hydrogen (secondary N) is 1. The summed E-state index contributed by atoms with van der Waals surface area (Å²) in [6.45, 7) is 2.41. The number of aromatic nitrogens is 2. The molecule has 0 saturated carbocycles. The number of benzene rings is 2. The minimum Gasteiger partial charge on any atom is -0.494 e. The Morgan fingerprint density at radius 1 is 1.17 bits per heavy atom. The van der Waals surface area contributed by atoms with E-state index in [0.29, 0.717) is 23.2 Å². The molecule has 0 radical (unpaired) electrons. The zero-order valence-corrected chi connectivity index (χ0v) is 17.4. The summed E-state index contributed by atoms with van der Waals surface area (Å²) < 4.78 is 46.8. The van der Waals surface area contributed by atoms with Crippen molar-refractivity contribution in [3.63, 3.8) is 0 Å². The van der Waals surface area contributed by atoms with E-state index in [2.05, 4.69) is 10.4 Å². The predicted molar refractivity (Wildman–Crippen MR) is 114 cm³/mol. The summed E-state index contributed by atoms with van der Waals surface area (Å²) in [5, 5.41) is 7.62. The molecule has 1 aromatic heterocycles. The van der Waals surface area contributed by atoms with Crippen LogP contribution < -0.4 is 15.5 Å². The molecular formula is C21H22F3N3O2S. The molecule has 3 aromatic rings. The quantitative estimate of drug-likeness (QED) is 0.514. The maximum Gasteiger partial charge on any atom is 0.416 e. The van der Waals surface area contributed by atoms with Crippen LogP contribution in [0.3, 0.4) is 0 Å². The Balaban J connectivity index is 2.01. The van der Waals surface area contributed by atoms with Gasteiger partial charge in [-0.1, -0.05) is 31.2 Å². The third kappa shape index (κ3) is 4.72. The fraction of sp³-hybridized carbons (Fsp3) is 0.333. The second kappa shape index (κ2) is 9.42. The topological polar surface area (TPSA) is 56.2 Å². The van der Waals surface area contributed by atoms with E-state index >= 15 is 0 Å². The van der Waals surface area contributed by atoms with E-state index in [1.54, 1.807) is 34.6 Å². The number of fused-ring (bicyclic) bond motifs is 1. The number of anilines is 1. The van der Waals surface area contributed by atoms with Gasteiger partial charge in [-0.05, 0) is 29.5 Å². The molecule has 0 fully saturated rings. The number of rotatable bonds is 8. The lowest BCUT2D eigenvalue weighted by Gasteiger charge is -2.16. The molecule has 0 bridgehead atoms. The number of ether oxygens (including phenoxy) is 1. The Bertz CT molecular complexity index is 1080. The van der Waals surface area contributed by atoms with Gasteiger partial charge in [-0.2, -0.15) is 30.0 Å². The summed E-state index contributed by atoms with van der Waals surface area (Å²) in [5.74, 6) is 2.24. The van der Waals surface area contributed by atoms with Crippen molar-refractivity contribution in [2.75, 3.05) is 23.9 Å². The van der Waals surface area contributed by atoms with Crippen LogP contribution in [0.4, 0.5) is 19.0 Å². The van der Waals surface area contributed by atoms with Gasteiger partial charge in [-0.25, -0.2) is 0 Å². The van der Waals surface area contributed by atoms with Crippen molar-refractivity contribution in [2.24, 2.45) is 0 Å². The van der Waals surface area contributed by atoms with Gasteiger partial charge in [0.2, 0.25) is 5.43 Å². The molecule has 0 aliphatic carbocycles. The zero-order valence-electron chi connectivity index (χ0n) is 16.6. The number of hydrogen-bond donors (Lipinski definition) is 1. The molecule has 0 spiro atoms. The molecule has 0 saturated heterocycles. The van der Waals surface area contributed by atoms with Crippen LogP contribution in [0.15, 0.2) is 47.3 Å². The number of hydrogen-bond acceptors (Lipinski definition) is 5. The molecule has 160 valence electrons. The van der Waals surface area contributed by atoms with Gasteiger partial charge in [0.15, 0.2) is 5.82 Å². The Hall–Kier alpha value is -2.68. The van der Waals surface area contributed by atoms with Crippen molar-refractivity contribution in [1.82, 2.24) is 9.78 Å². The van der Waals surface area contributed by atoms with Crippen molar-refractivity contribution >= 4 is 28.5 Å². The molecule has 0 unspecified atom stereocenters. The van der Waals surface area contributed by atoms with Gasteiger partial charge in [-0.3, -0.25) is 9.48 Å². The zero-order chi connectivity index (χ0) is 21.7. The van der Waals surface area contributed by atoms with E-state index in [9.17, 15) is 18.0 Å². The lowest BCUT2D eigenvalue weighted by molar-refractivity contribution is -0.138. The molecule has 1 N–H and O–H groups in total. The number of thioether (sulfide) groups is 1. The van der Waals surface area contributed by atoms with Gasteiger partial charge in [-0.15, -0.1) is 0 Å². The van der Waals surface area contributed by atoms with Crippen molar-refractivity contribution in [3.8, 4) is 5.75 Å². The SMILES string of the molecule is CCSCCn1nc(NCc2ccccc2C(F)(F)F)c(=O)c2cccc(OC)c21. The second-order valence-electron chi connectivity index (χ2n) is 6.46. The molecule has 5 nitrogen and oxygen atoms in total. The predicted octanol–water partition coefficient (Wildman–Crippen LogP) is 4.79. The van der Waals surface area contributed by atoms with Crippen molar-refractivity contribution in [1.29, 1.82) is 0 Å². The highest BCUT2D eigenvalue weighted by Crippen LogP contribution is 2.32. The number of methoxy groups -OCH3 is 1. The molecule has 1 heterocycles. The lowest BCUT2D eigenvalue weighted by atomic mass is 10.1. The molecule has 9 heteroatoms. The normalized spacial score (nSPS) is 11.6. The molecular weight excluding hydrogens is 415 g/mol. The molecule has 0 atom stereocenters. The second-order valence-corrected chi connectivity index (χ2v) is 7.86. The highest BCUT2D eigenvalue weighted by atomic mass is 32.2. The minimum atomic E-state index is -4.47. The largest absolute Gasteiger partial charge is 0.494 e. The van der Waals surface area contributed by atoms with Gasteiger partial charge >= 0.3 is 6.18 Å². The number of alkyl halides is 3. The Labute approximate surface area is 176 Å². The third-order valence-corrected chi connectivity index (χ3v) is 5.46. The van der Waals surface area contributed by atoms with Gasteiger partial charge in [0.1, 0.15) is 11.3 Å². The first kappa shape index (κ1) is 22.0. The smallest absolute Gasteiger partial charge is 0.416 e. The Kier molecular flexibility index (Phi) is 6.91. The van der Waals surface area contributed by atoms with E-state index in [4.69, 9.17) is 4.74 Å². The van der Waals surface area contributed by atoms with Crippen LogP contribution in [0.5, 0.6) is 5.75 Å². The first-order chi connectivity index (χ1) is 14.4. The van der Waals surface area contributed by atoms with E-state index < -0.39 is 11.7 Å².